The van der Waals surface area contributed by atoms with Crippen molar-refractivity contribution >= 4 is 29.3 Å². The van der Waals surface area contributed by atoms with E-state index in [2.05, 4.69) is 5.32 Å². The number of rotatable bonds is 8. The molecule has 1 amide bonds. The highest BCUT2D eigenvalue weighted by atomic mass is 32.2. The number of methoxy groups -OCH3 is 2. The van der Waals surface area contributed by atoms with Gasteiger partial charge >= 0.3 is 5.97 Å². The van der Waals surface area contributed by atoms with E-state index in [9.17, 15) is 14.7 Å². The van der Waals surface area contributed by atoms with Crippen molar-refractivity contribution in [1.29, 1.82) is 0 Å². The number of carboxylic acids is 1. The minimum Gasteiger partial charge on any atom is -0.497 e. The predicted molar refractivity (Wildman–Crippen MR) is 101 cm³/mol. The van der Waals surface area contributed by atoms with E-state index in [4.69, 9.17) is 9.47 Å². The number of carboxylic acid groups (broad SMARTS) is 1. The Hall–Kier alpha value is -2.51. The lowest BCUT2D eigenvalue weighted by Crippen LogP contribution is -2.22. The summed E-state index contributed by atoms with van der Waals surface area (Å²) < 4.78 is 10.2. The Kier molecular flexibility index (Phi) is 7.06. The van der Waals surface area contributed by atoms with Crippen LogP contribution < -0.4 is 10.1 Å². The molecule has 138 valence electrons. The highest BCUT2D eigenvalue weighted by molar-refractivity contribution is 8.00. The van der Waals surface area contributed by atoms with Crippen molar-refractivity contribution in [3.05, 3.63) is 53.6 Å². The minimum absolute atomic E-state index is 0.102. The summed E-state index contributed by atoms with van der Waals surface area (Å²) in [5, 5.41) is 11.6. The van der Waals surface area contributed by atoms with E-state index in [-0.39, 0.29) is 23.3 Å². The standard InChI is InChI=1S/C19H21NO5S/c1-12(26-17-6-4-16(25-3)5-7-17)18(21)20-15-9-13(11-24-2)8-14(10-15)19(22)23/h4-10,12H,11H2,1-3H3,(H,20,21)(H,22,23). The van der Waals surface area contributed by atoms with Gasteiger partial charge in [-0.2, -0.15) is 0 Å². The van der Waals surface area contributed by atoms with E-state index in [1.165, 1.54) is 31.0 Å². The minimum atomic E-state index is -1.06. The van der Waals surface area contributed by atoms with Gasteiger partial charge in [0.05, 0.1) is 24.5 Å². The van der Waals surface area contributed by atoms with Crippen LogP contribution in [-0.4, -0.2) is 36.5 Å². The largest absolute Gasteiger partial charge is 0.497 e. The van der Waals surface area contributed by atoms with Gasteiger partial charge in [0, 0.05) is 17.7 Å². The predicted octanol–water partition coefficient (Wildman–Crippen LogP) is 3.66. The summed E-state index contributed by atoms with van der Waals surface area (Å²) >= 11 is 1.41. The van der Waals surface area contributed by atoms with Crippen LogP contribution in [0.15, 0.2) is 47.4 Å². The topological polar surface area (TPSA) is 84.9 Å². The van der Waals surface area contributed by atoms with Crippen LogP contribution in [-0.2, 0) is 16.1 Å². The monoisotopic (exact) mass is 375 g/mol. The van der Waals surface area contributed by atoms with Crippen LogP contribution in [0.2, 0.25) is 0 Å². The molecule has 0 aliphatic heterocycles. The molecule has 0 aliphatic carbocycles. The Balaban J connectivity index is 2.08. The zero-order valence-electron chi connectivity index (χ0n) is 14.8. The number of hydrogen-bond donors (Lipinski definition) is 2. The highest BCUT2D eigenvalue weighted by Gasteiger charge is 2.16. The van der Waals surface area contributed by atoms with Gasteiger partial charge in [-0.05, 0) is 55.0 Å². The van der Waals surface area contributed by atoms with Gasteiger partial charge in [-0.15, -0.1) is 11.8 Å². The number of hydrogen-bond acceptors (Lipinski definition) is 5. The second kappa shape index (κ2) is 9.26. The van der Waals surface area contributed by atoms with Crippen LogP contribution in [0, 0.1) is 0 Å². The Morgan fingerprint density at radius 2 is 1.85 bits per heavy atom. The van der Waals surface area contributed by atoms with Crippen molar-refractivity contribution in [1.82, 2.24) is 0 Å². The van der Waals surface area contributed by atoms with Crippen LogP contribution in [0.25, 0.3) is 0 Å². The lowest BCUT2D eigenvalue weighted by Gasteiger charge is -2.14. The molecule has 0 saturated carbocycles. The number of nitrogens with one attached hydrogen (secondary N) is 1. The molecule has 0 heterocycles. The number of carbonyl (C=O) groups excluding carboxylic acids is 1. The molecule has 0 fully saturated rings. The van der Waals surface area contributed by atoms with Crippen LogP contribution in [0.5, 0.6) is 5.75 Å². The molecule has 0 bridgehead atoms. The van der Waals surface area contributed by atoms with E-state index in [0.29, 0.717) is 11.3 Å². The van der Waals surface area contributed by atoms with Crippen molar-refractivity contribution in [2.45, 2.75) is 23.7 Å². The van der Waals surface area contributed by atoms with Crippen molar-refractivity contribution < 1.29 is 24.2 Å². The number of ether oxygens (including phenoxy) is 2. The third-order valence-corrected chi connectivity index (χ3v) is 4.67. The zero-order chi connectivity index (χ0) is 19.1. The van der Waals surface area contributed by atoms with Crippen LogP contribution in [0.3, 0.4) is 0 Å². The first-order valence-electron chi connectivity index (χ1n) is 7.90. The van der Waals surface area contributed by atoms with Crippen molar-refractivity contribution in [2.75, 3.05) is 19.5 Å². The third kappa shape index (κ3) is 5.50. The fourth-order valence-corrected chi connectivity index (χ4v) is 3.16. The first-order chi connectivity index (χ1) is 12.4. The molecular formula is C19H21NO5S. The van der Waals surface area contributed by atoms with Crippen molar-refractivity contribution in [3.63, 3.8) is 0 Å². The van der Waals surface area contributed by atoms with Crippen LogP contribution >= 0.6 is 11.8 Å². The molecule has 6 nitrogen and oxygen atoms in total. The number of carbonyl (C=O) groups is 2. The van der Waals surface area contributed by atoms with Crippen molar-refractivity contribution in [2.24, 2.45) is 0 Å². The fraction of sp³-hybridized carbons (Fsp3) is 0.263. The summed E-state index contributed by atoms with van der Waals surface area (Å²) in [4.78, 5) is 24.6. The van der Waals surface area contributed by atoms with E-state index < -0.39 is 5.97 Å². The maximum atomic E-state index is 12.5. The molecule has 2 aromatic rings. The summed E-state index contributed by atoms with van der Waals surface area (Å²) in [6.45, 7) is 2.06. The van der Waals surface area contributed by atoms with Gasteiger partial charge in [0.25, 0.3) is 0 Å². The second-order valence-electron chi connectivity index (χ2n) is 5.58. The van der Waals surface area contributed by atoms with E-state index in [0.717, 1.165) is 10.6 Å². The Morgan fingerprint density at radius 3 is 2.42 bits per heavy atom. The second-order valence-corrected chi connectivity index (χ2v) is 7.00. The Bertz CT molecular complexity index is 776. The summed E-state index contributed by atoms with van der Waals surface area (Å²) in [6, 6.07) is 12.1. The molecule has 26 heavy (non-hydrogen) atoms. The van der Waals surface area contributed by atoms with Gasteiger partial charge in [-0.3, -0.25) is 4.79 Å². The van der Waals surface area contributed by atoms with E-state index in [1.807, 2.05) is 24.3 Å². The number of aromatic carboxylic acids is 1. The lowest BCUT2D eigenvalue weighted by atomic mass is 10.1. The summed E-state index contributed by atoms with van der Waals surface area (Å²) in [7, 11) is 3.13. The summed E-state index contributed by atoms with van der Waals surface area (Å²) in [6.07, 6.45) is 0. The number of thioether (sulfide) groups is 1. The molecule has 0 radical (unpaired) electrons. The molecule has 2 rings (SSSR count). The molecule has 1 unspecified atom stereocenters. The smallest absolute Gasteiger partial charge is 0.335 e. The number of benzene rings is 2. The van der Waals surface area contributed by atoms with Gasteiger partial charge in [0.1, 0.15) is 5.75 Å². The molecule has 0 aliphatic rings. The lowest BCUT2D eigenvalue weighted by molar-refractivity contribution is -0.115. The van der Waals surface area contributed by atoms with Gasteiger partial charge in [0.15, 0.2) is 0 Å². The molecule has 1 atom stereocenters. The SMILES string of the molecule is COCc1cc(NC(=O)C(C)Sc2ccc(OC)cc2)cc(C(=O)O)c1. The van der Waals surface area contributed by atoms with Crippen molar-refractivity contribution in [3.8, 4) is 5.75 Å². The van der Waals surface area contributed by atoms with Gasteiger partial charge < -0.3 is 19.9 Å². The van der Waals surface area contributed by atoms with Gasteiger partial charge in [0.2, 0.25) is 5.91 Å². The molecular weight excluding hydrogens is 354 g/mol. The summed E-state index contributed by atoms with van der Waals surface area (Å²) in [5.41, 5.74) is 1.22. The molecule has 0 spiro atoms. The van der Waals surface area contributed by atoms with Crippen LogP contribution in [0.1, 0.15) is 22.8 Å². The Labute approximate surface area is 156 Å². The van der Waals surface area contributed by atoms with Crippen LogP contribution in [0.4, 0.5) is 5.69 Å². The van der Waals surface area contributed by atoms with E-state index >= 15 is 0 Å². The fourth-order valence-electron chi connectivity index (χ4n) is 2.29. The Morgan fingerprint density at radius 1 is 1.15 bits per heavy atom. The molecule has 2 N–H and O–H groups in total. The maximum Gasteiger partial charge on any atom is 0.335 e. The first-order valence-corrected chi connectivity index (χ1v) is 8.78. The molecule has 7 heteroatoms. The molecule has 2 aromatic carbocycles. The average molecular weight is 375 g/mol. The molecule has 0 saturated heterocycles. The highest BCUT2D eigenvalue weighted by Crippen LogP contribution is 2.26. The zero-order valence-corrected chi connectivity index (χ0v) is 15.6. The van der Waals surface area contributed by atoms with Gasteiger partial charge in [-0.1, -0.05) is 0 Å². The van der Waals surface area contributed by atoms with E-state index in [1.54, 1.807) is 20.1 Å². The number of amides is 1. The number of anilines is 1. The maximum absolute atomic E-state index is 12.5. The van der Waals surface area contributed by atoms with Gasteiger partial charge in [-0.25, -0.2) is 4.79 Å². The summed E-state index contributed by atoms with van der Waals surface area (Å²) in [5.74, 6) is -0.515. The molecule has 0 aromatic heterocycles. The quantitative estimate of drug-likeness (QED) is 0.685. The first kappa shape index (κ1) is 19.8. The average Bonchev–Trinajstić information content (AvgIpc) is 2.62. The third-order valence-electron chi connectivity index (χ3n) is 3.56. The normalized spacial score (nSPS) is 11.7.